The number of benzene rings is 1. The minimum absolute atomic E-state index is 0.169. The summed E-state index contributed by atoms with van der Waals surface area (Å²) in [7, 11) is 0. The summed E-state index contributed by atoms with van der Waals surface area (Å²) < 4.78 is 5.27. The van der Waals surface area contributed by atoms with E-state index in [4.69, 9.17) is 4.74 Å². The van der Waals surface area contributed by atoms with Gasteiger partial charge in [0.1, 0.15) is 5.75 Å². The lowest BCUT2D eigenvalue weighted by atomic mass is 10.1. The number of amides is 1. The first-order valence-corrected chi connectivity index (χ1v) is 5.80. The van der Waals surface area contributed by atoms with E-state index in [1.54, 1.807) is 19.1 Å². The fraction of sp³-hybridized carbons (Fsp3) is 0.357. The average Bonchev–Trinajstić information content (AvgIpc) is 2.31. The topological polar surface area (TPSA) is 58.6 Å². The molecule has 0 saturated heterocycles. The van der Waals surface area contributed by atoms with E-state index in [2.05, 4.69) is 11.9 Å². The molecule has 1 aromatic rings. The lowest BCUT2D eigenvalue weighted by molar-refractivity contribution is 0.0926. The summed E-state index contributed by atoms with van der Waals surface area (Å²) in [6, 6.07) is 4.76. The molecule has 1 amide bonds. The SMILES string of the molecule is C=C(C)COCCNC(=O)c1ccc(O)c(C)c1. The summed E-state index contributed by atoms with van der Waals surface area (Å²) in [5.41, 5.74) is 2.17. The van der Waals surface area contributed by atoms with Crippen LogP contribution in [0.2, 0.25) is 0 Å². The molecule has 0 heterocycles. The van der Waals surface area contributed by atoms with E-state index in [0.29, 0.717) is 30.9 Å². The predicted molar refractivity (Wildman–Crippen MR) is 70.8 cm³/mol. The normalized spacial score (nSPS) is 10.1. The maximum atomic E-state index is 11.7. The van der Waals surface area contributed by atoms with Crippen LogP contribution in [0.25, 0.3) is 0 Å². The van der Waals surface area contributed by atoms with Gasteiger partial charge in [0.2, 0.25) is 0 Å². The van der Waals surface area contributed by atoms with Gasteiger partial charge in [0.15, 0.2) is 0 Å². The van der Waals surface area contributed by atoms with Crippen LogP contribution in [0.4, 0.5) is 0 Å². The highest BCUT2D eigenvalue weighted by Gasteiger charge is 2.06. The Labute approximate surface area is 107 Å². The highest BCUT2D eigenvalue weighted by Crippen LogP contribution is 2.16. The summed E-state index contributed by atoms with van der Waals surface area (Å²) in [4.78, 5) is 11.7. The van der Waals surface area contributed by atoms with Crippen LogP contribution in [0.15, 0.2) is 30.4 Å². The number of carbonyl (C=O) groups is 1. The second-order valence-corrected chi connectivity index (χ2v) is 4.27. The lowest BCUT2D eigenvalue weighted by Crippen LogP contribution is -2.27. The Kier molecular flexibility index (Phi) is 5.39. The molecule has 2 N–H and O–H groups in total. The third kappa shape index (κ3) is 4.59. The van der Waals surface area contributed by atoms with Crippen LogP contribution >= 0.6 is 0 Å². The fourth-order valence-electron chi connectivity index (χ4n) is 1.38. The molecule has 4 nitrogen and oxygen atoms in total. The number of hydrogen-bond acceptors (Lipinski definition) is 3. The number of aromatic hydroxyl groups is 1. The van der Waals surface area contributed by atoms with Crippen molar-refractivity contribution >= 4 is 5.91 Å². The van der Waals surface area contributed by atoms with Gasteiger partial charge < -0.3 is 15.2 Å². The Morgan fingerprint density at radius 3 is 2.83 bits per heavy atom. The Morgan fingerprint density at radius 2 is 2.22 bits per heavy atom. The molecule has 18 heavy (non-hydrogen) atoms. The lowest BCUT2D eigenvalue weighted by Gasteiger charge is -2.07. The quantitative estimate of drug-likeness (QED) is 0.599. The maximum absolute atomic E-state index is 11.7. The van der Waals surface area contributed by atoms with Crippen molar-refractivity contribution in [3.05, 3.63) is 41.5 Å². The average molecular weight is 249 g/mol. The molecule has 0 spiro atoms. The van der Waals surface area contributed by atoms with Crippen LogP contribution in [0.1, 0.15) is 22.8 Å². The van der Waals surface area contributed by atoms with Gasteiger partial charge in [0, 0.05) is 12.1 Å². The summed E-state index contributed by atoms with van der Waals surface area (Å²) >= 11 is 0. The smallest absolute Gasteiger partial charge is 0.251 e. The molecular formula is C14H19NO3. The third-order valence-corrected chi connectivity index (χ3v) is 2.34. The zero-order valence-corrected chi connectivity index (χ0v) is 10.8. The highest BCUT2D eigenvalue weighted by molar-refractivity contribution is 5.94. The zero-order valence-electron chi connectivity index (χ0n) is 10.8. The third-order valence-electron chi connectivity index (χ3n) is 2.34. The molecule has 0 aromatic heterocycles. The monoisotopic (exact) mass is 249 g/mol. The molecule has 98 valence electrons. The van der Waals surface area contributed by atoms with Crippen molar-refractivity contribution in [3.8, 4) is 5.75 Å². The molecule has 1 aromatic carbocycles. The van der Waals surface area contributed by atoms with E-state index in [1.165, 1.54) is 6.07 Å². The van der Waals surface area contributed by atoms with Crippen molar-refractivity contribution < 1.29 is 14.6 Å². The zero-order chi connectivity index (χ0) is 13.5. The molecule has 0 saturated carbocycles. The number of ether oxygens (including phenoxy) is 1. The van der Waals surface area contributed by atoms with Gasteiger partial charge in [0.05, 0.1) is 13.2 Å². The molecule has 0 unspecified atom stereocenters. The van der Waals surface area contributed by atoms with Crippen molar-refractivity contribution in [3.63, 3.8) is 0 Å². The second-order valence-electron chi connectivity index (χ2n) is 4.27. The van der Waals surface area contributed by atoms with Crippen LogP contribution in [-0.2, 0) is 4.74 Å². The molecule has 1 rings (SSSR count). The van der Waals surface area contributed by atoms with Crippen molar-refractivity contribution in [2.75, 3.05) is 19.8 Å². The summed E-state index contributed by atoms with van der Waals surface area (Å²) in [5, 5.41) is 12.1. The van der Waals surface area contributed by atoms with E-state index >= 15 is 0 Å². The summed E-state index contributed by atoms with van der Waals surface area (Å²) in [5.74, 6) is 0.0216. The Bertz CT molecular complexity index is 441. The molecular weight excluding hydrogens is 230 g/mol. The fourth-order valence-corrected chi connectivity index (χ4v) is 1.38. The van der Waals surface area contributed by atoms with E-state index in [-0.39, 0.29) is 11.7 Å². The number of phenols is 1. The van der Waals surface area contributed by atoms with Gasteiger partial charge in [-0.3, -0.25) is 4.79 Å². The first-order chi connectivity index (χ1) is 8.50. The largest absolute Gasteiger partial charge is 0.508 e. The van der Waals surface area contributed by atoms with Gasteiger partial charge in [-0.15, -0.1) is 0 Å². The predicted octanol–water partition coefficient (Wildman–Crippen LogP) is 2.02. The minimum Gasteiger partial charge on any atom is -0.508 e. The van der Waals surface area contributed by atoms with Gasteiger partial charge in [-0.1, -0.05) is 12.2 Å². The molecule has 0 aliphatic heterocycles. The molecule has 4 heteroatoms. The van der Waals surface area contributed by atoms with Crippen molar-refractivity contribution in [2.45, 2.75) is 13.8 Å². The first kappa shape index (κ1) is 14.3. The molecule has 0 atom stereocenters. The number of carbonyl (C=O) groups excluding carboxylic acids is 1. The highest BCUT2D eigenvalue weighted by atomic mass is 16.5. The molecule has 0 aliphatic rings. The second kappa shape index (κ2) is 6.81. The Balaban J connectivity index is 2.36. The van der Waals surface area contributed by atoms with Gasteiger partial charge in [-0.25, -0.2) is 0 Å². The number of hydrogen-bond donors (Lipinski definition) is 2. The molecule has 0 fully saturated rings. The van der Waals surface area contributed by atoms with Crippen molar-refractivity contribution in [1.82, 2.24) is 5.32 Å². The number of rotatable bonds is 6. The Hall–Kier alpha value is -1.81. The van der Waals surface area contributed by atoms with Crippen LogP contribution in [0.5, 0.6) is 5.75 Å². The van der Waals surface area contributed by atoms with E-state index in [1.807, 2.05) is 6.92 Å². The molecule has 0 bridgehead atoms. The maximum Gasteiger partial charge on any atom is 0.251 e. The van der Waals surface area contributed by atoms with E-state index in [9.17, 15) is 9.90 Å². The van der Waals surface area contributed by atoms with E-state index < -0.39 is 0 Å². The van der Waals surface area contributed by atoms with Crippen molar-refractivity contribution in [1.29, 1.82) is 0 Å². The summed E-state index contributed by atoms with van der Waals surface area (Å²) in [6.07, 6.45) is 0. The molecule has 0 radical (unpaired) electrons. The van der Waals surface area contributed by atoms with E-state index in [0.717, 1.165) is 5.57 Å². The Morgan fingerprint density at radius 1 is 1.50 bits per heavy atom. The van der Waals surface area contributed by atoms with Crippen LogP contribution in [0.3, 0.4) is 0 Å². The van der Waals surface area contributed by atoms with Crippen molar-refractivity contribution in [2.24, 2.45) is 0 Å². The van der Waals surface area contributed by atoms with Gasteiger partial charge in [0.25, 0.3) is 5.91 Å². The number of nitrogens with one attached hydrogen (secondary N) is 1. The minimum atomic E-state index is -0.169. The number of phenolic OH excluding ortho intramolecular Hbond substituents is 1. The van der Waals surface area contributed by atoms with Gasteiger partial charge in [-0.2, -0.15) is 0 Å². The number of aryl methyl sites for hydroxylation is 1. The standard InChI is InChI=1S/C14H19NO3/c1-10(2)9-18-7-6-15-14(17)12-4-5-13(16)11(3)8-12/h4-5,8,16H,1,6-7,9H2,2-3H3,(H,15,17). The van der Waals surface area contributed by atoms with Gasteiger partial charge in [-0.05, 0) is 37.6 Å². The van der Waals surface area contributed by atoms with Crippen LogP contribution in [-0.4, -0.2) is 30.8 Å². The molecule has 0 aliphatic carbocycles. The first-order valence-electron chi connectivity index (χ1n) is 5.80. The summed E-state index contributed by atoms with van der Waals surface area (Å²) in [6.45, 7) is 8.77. The van der Waals surface area contributed by atoms with Crippen LogP contribution in [0, 0.1) is 6.92 Å². The van der Waals surface area contributed by atoms with Crippen LogP contribution < -0.4 is 5.32 Å². The van der Waals surface area contributed by atoms with Gasteiger partial charge >= 0.3 is 0 Å².